The number of halogens is 1. The number of ether oxygens (including phenoxy) is 2. The number of hydrogen-bond acceptors (Lipinski definition) is 6. The first-order valence-electron chi connectivity index (χ1n) is 7.01. The highest BCUT2D eigenvalue weighted by atomic mass is 35.5. The van der Waals surface area contributed by atoms with Gasteiger partial charge in [0, 0.05) is 6.54 Å². The summed E-state index contributed by atoms with van der Waals surface area (Å²) < 4.78 is 10.3. The first-order valence-corrected chi connectivity index (χ1v) is 7.39. The number of likely N-dealkylation sites (tertiary alicyclic amines) is 1. The first kappa shape index (κ1) is 15.9. The van der Waals surface area contributed by atoms with Crippen molar-refractivity contribution in [3.63, 3.8) is 0 Å². The fraction of sp³-hybridized carbons (Fsp3) is 0.571. The van der Waals surface area contributed by atoms with E-state index in [2.05, 4.69) is 9.88 Å². The summed E-state index contributed by atoms with van der Waals surface area (Å²) in [6.07, 6.45) is 3.70. The maximum absolute atomic E-state index is 12.1. The van der Waals surface area contributed by atoms with Gasteiger partial charge in [-0.2, -0.15) is 4.98 Å². The fourth-order valence-corrected chi connectivity index (χ4v) is 2.47. The van der Waals surface area contributed by atoms with Crippen LogP contribution in [0.3, 0.4) is 0 Å². The zero-order valence-electron chi connectivity index (χ0n) is 12.1. The van der Waals surface area contributed by atoms with E-state index in [0.29, 0.717) is 6.61 Å². The lowest BCUT2D eigenvalue weighted by molar-refractivity contribution is 0.0448. The van der Waals surface area contributed by atoms with Gasteiger partial charge in [0.1, 0.15) is 18.0 Å². The van der Waals surface area contributed by atoms with Crippen LogP contribution in [-0.2, 0) is 4.74 Å². The molecule has 0 radical (unpaired) electrons. The number of carbonyl (C=O) groups is 1. The van der Waals surface area contributed by atoms with Gasteiger partial charge in [0.05, 0.1) is 12.1 Å². The van der Waals surface area contributed by atoms with Crippen LogP contribution in [0.2, 0.25) is 5.02 Å². The molecule has 0 aromatic carbocycles. The van der Waals surface area contributed by atoms with Crippen molar-refractivity contribution in [3.8, 4) is 5.88 Å². The Hall–Kier alpha value is -1.53. The Balaban J connectivity index is 1.92. The third-order valence-electron chi connectivity index (χ3n) is 3.47. The molecule has 0 bridgehead atoms. The van der Waals surface area contributed by atoms with Crippen molar-refractivity contribution in [1.82, 2.24) is 9.88 Å². The van der Waals surface area contributed by atoms with Crippen LogP contribution < -0.4 is 10.5 Å². The predicted molar refractivity (Wildman–Crippen MR) is 80.8 cm³/mol. The average molecular weight is 314 g/mol. The summed E-state index contributed by atoms with van der Waals surface area (Å²) in [6, 6.07) is 1.42. The lowest BCUT2D eigenvalue weighted by Crippen LogP contribution is -2.33. The van der Waals surface area contributed by atoms with Crippen LogP contribution in [0.4, 0.5) is 5.82 Å². The summed E-state index contributed by atoms with van der Waals surface area (Å²) in [5, 5.41) is 0.207. The van der Waals surface area contributed by atoms with E-state index in [-0.39, 0.29) is 22.3 Å². The van der Waals surface area contributed by atoms with Gasteiger partial charge < -0.3 is 15.2 Å². The van der Waals surface area contributed by atoms with Crippen LogP contribution in [0, 0.1) is 0 Å². The molecule has 116 valence electrons. The van der Waals surface area contributed by atoms with E-state index in [0.717, 1.165) is 19.6 Å². The van der Waals surface area contributed by atoms with Gasteiger partial charge in [0.2, 0.25) is 5.88 Å². The molecular formula is C14H20ClN3O3. The number of methoxy groups -OCH3 is 1. The SMILES string of the molecule is COc1nc(N)c(Cl)cc1C(=O)OCCN1CCCCC1. The number of hydrogen-bond donors (Lipinski definition) is 1. The van der Waals surface area contributed by atoms with E-state index in [1.54, 1.807) is 0 Å². The number of esters is 1. The molecule has 1 saturated heterocycles. The molecule has 0 saturated carbocycles. The van der Waals surface area contributed by atoms with Crippen molar-refractivity contribution in [1.29, 1.82) is 0 Å². The molecule has 1 aromatic rings. The van der Waals surface area contributed by atoms with Crippen LogP contribution in [0.15, 0.2) is 6.07 Å². The van der Waals surface area contributed by atoms with Crippen molar-refractivity contribution < 1.29 is 14.3 Å². The molecular weight excluding hydrogens is 294 g/mol. The predicted octanol–water partition coefficient (Wildman–Crippen LogP) is 1.97. The molecule has 7 heteroatoms. The Kier molecular flexibility index (Phi) is 5.64. The smallest absolute Gasteiger partial charge is 0.343 e. The number of nitrogens with zero attached hydrogens (tertiary/aromatic N) is 2. The van der Waals surface area contributed by atoms with Gasteiger partial charge in [-0.3, -0.25) is 4.90 Å². The van der Waals surface area contributed by atoms with Gasteiger partial charge in [-0.15, -0.1) is 0 Å². The molecule has 0 amide bonds. The summed E-state index contributed by atoms with van der Waals surface area (Å²) in [7, 11) is 1.42. The molecule has 21 heavy (non-hydrogen) atoms. The molecule has 1 fully saturated rings. The van der Waals surface area contributed by atoms with E-state index in [4.69, 9.17) is 26.8 Å². The minimum atomic E-state index is -0.502. The standard InChI is InChI=1S/C14H20ClN3O3/c1-20-13-10(9-11(15)12(16)17-13)14(19)21-8-7-18-5-3-2-4-6-18/h9H,2-8H2,1H3,(H2,16,17). The van der Waals surface area contributed by atoms with Crippen LogP contribution in [-0.4, -0.2) is 49.2 Å². The number of nitrogen functional groups attached to an aromatic ring is 1. The Bertz CT molecular complexity index is 504. The van der Waals surface area contributed by atoms with Crippen molar-refractivity contribution in [2.75, 3.05) is 39.1 Å². The highest BCUT2D eigenvalue weighted by Gasteiger charge is 2.18. The summed E-state index contributed by atoms with van der Waals surface area (Å²) in [5.74, 6) is -0.253. The molecule has 2 N–H and O–H groups in total. The second-order valence-electron chi connectivity index (χ2n) is 4.95. The second-order valence-corrected chi connectivity index (χ2v) is 5.36. The van der Waals surface area contributed by atoms with Crippen molar-refractivity contribution >= 4 is 23.4 Å². The lowest BCUT2D eigenvalue weighted by atomic mass is 10.1. The number of anilines is 1. The lowest BCUT2D eigenvalue weighted by Gasteiger charge is -2.25. The molecule has 0 atom stereocenters. The summed E-state index contributed by atoms with van der Waals surface area (Å²) in [6.45, 7) is 3.21. The van der Waals surface area contributed by atoms with Gasteiger partial charge in [-0.25, -0.2) is 4.79 Å². The molecule has 2 rings (SSSR count). The number of nitrogens with two attached hydrogens (primary N) is 1. The van der Waals surface area contributed by atoms with Gasteiger partial charge in [-0.05, 0) is 32.0 Å². The van der Waals surface area contributed by atoms with Crippen LogP contribution in [0.5, 0.6) is 5.88 Å². The zero-order valence-corrected chi connectivity index (χ0v) is 12.9. The highest BCUT2D eigenvalue weighted by Crippen LogP contribution is 2.25. The summed E-state index contributed by atoms with van der Waals surface area (Å²) in [5.41, 5.74) is 5.77. The molecule has 2 heterocycles. The molecule has 0 aliphatic carbocycles. The Morgan fingerprint density at radius 2 is 2.14 bits per heavy atom. The minimum Gasteiger partial charge on any atom is -0.480 e. The van der Waals surface area contributed by atoms with Crippen LogP contribution in [0.1, 0.15) is 29.6 Å². The molecule has 1 aliphatic heterocycles. The third-order valence-corrected chi connectivity index (χ3v) is 3.77. The van der Waals surface area contributed by atoms with E-state index in [1.165, 1.54) is 32.4 Å². The summed E-state index contributed by atoms with van der Waals surface area (Å²) in [4.78, 5) is 18.3. The fourth-order valence-electron chi connectivity index (χ4n) is 2.32. The second kappa shape index (κ2) is 7.47. The maximum Gasteiger partial charge on any atom is 0.343 e. The number of rotatable bonds is 5. The summed E-state index contributed by atoms with van der Waals surface area (Å²) >= 11 is 5.88. The van der Waals surface area contributed by atoms with Gasteiger partial charge in [0.15, 0.2) is 0 Å². The Morgan fingerprint density at radius 3 is 2.81 bits per heavy atom. The van der Waals surface area contributed by atoms with Crippen LogP contribution in [0.25, 0.3) is 0 Å². The molecule has 6 nitrogen and oxygen atoms in total. The molecule has 0 spiro atoms. The van der Waals surface area contributed by atoms with E-state index in [1.807, 2.05) is 0 Å². The molecule has 1 aromatic heterocycles. The van der Waals surface area contributed by atoms with Crippen molar-refractivity contribution in [3.05, 3.63) is 16.7 Å². The number of piperidine rings is 1. The highest BCUT2D eigenvalue weighted by molar-refractivity contribution is 6.33. The van der Waals surface area contributed by atoms with Crippen molar-refractivity contribution in [2.45, 2.75) is 19.3 Å². The molecule has 1 aliphatic rings. The monoisotopic (exact) mass is 313 g/mol. The quantitative estimate of drug-likeness (QED) is 0.837. The third kappa shape index (κ3) is 4.22. The molecule has 0 unspecified atom stereocenters. The zero-order chi connectivity index (χ0) is 15.2. The largest absolute Gasteiger partial charge is 0.480 e. The Labute approximate surface area is 129 Å². The first-order chi connectivity index (χ1) is 10.1. The van der Waals surface area contributed by atoms with Crippen molar-refractivity contribution in [2.24, 2.45) is 0 Å². The van der Waals surface area contributed by atoms with E-state index in [9.17, 15) is 4.79 Å². The van der Waals surface area contributed by atoms with Gasteiger partial charge in [0.25, 0.3) is 0 Å². The topological polar surface area (TPSA) is 77.7 Å². The van der Waals surface area contributed by atoms with Crippen LogP contribution >= 0.6 is 11.6 Å². The van der Waals surface area contributed by atoms with Gasteiger partial charge in [-0.1, -0.05) is 18.0 Å². The number of aromatic nitrogens is 1. The van der Waals surface area contributed by atoms with Gasteiger partial charge >= 0.3 is 5.97 Å². The normalized spacial score (nSPS) is 15.7. The Morgan fingerprint density at radius 1 is 1.43 bits per heavy atom. The average Bonchev–Trinajstić information content (AvgIpc) is 2.50. The van der Waals surface area contributed by atoms with E-state index < -0.39 is 5.97 Å². The number of carbonyl (C=O) groups excluding carboxylic acids is 1. The van der Waals surface area contributed by atoms with E-state index >= 15 is 0 Å². The number of pyridine rings is 1. The maximum atomic E-state index is 12.1. The minimum absolute atomic E-state index is 0.124.